The van der Waals surface area contributed by atoms with Gasteiger partial charge in [-0.05, 0) is 42.5 Å². The van der Waals surface area contributed by atoms with Crippen LogP contribution in [0.3, 0.4) is 0 Å². The van der Waals surface area contributed by atoms with Gasteiger partial charge in [0.05, 0.1) is 31.1 Å². The van der Waals surface area contributed by atoms with Crippen LogP contribution in [0.4, 0.5) is 21.5 Å². The third kappa shape index (κ3) is 4.84. The highest BCUT2D eigenvalue weighted by Gasteiger charge is 2.15. The average molecular weight is 364 g/mol. The number of amides is 1. The van der Waals surface area contributed by atoms with Gasteiger partial charge in [-0.3, -0.25) is 4.79 Å². The second-order valence-electron chi connectivity index (χ2n) is 5.67. The van der Waals surface area contributed by atoms with Gasteiger partial charge in [-0.1, -0.05) is 11.6 Å². The zero-order valence-corrected chi connectivity index (χ0v) is 14.4. The van der Waals surface area contributed by atoms with Crippen LogP contribution < -0.4 is 15.5 Å². The van der Waals surface area contributed by atoms with Crippen LogP contribution in [0.1, 0.15) is 0 Å². The van der Waals surface area contributed by atoms with Crippen LogP contribution in [0.2, 0.25) is 5.02 Å². The fraction of sp³-hybridized carbons (Fsp3) is 0.278. The van der Waals surface area contributed by atoms with Crippen molar-refractivity contribution < 1.29 is 13.9 Å². The smallest absolute Gasteiger partial charge is 0.243 e. The quantitative estimate of drug-likeness (QED) is 0.855. The first-order valence-corrected chi connectivity index (χ1v) is 8.41. The van der Waals surface area contributed by atoms with Crippen molar-refractivity contribution in [3.05, 3.63) is 53.3 Å². The minimum absolute atomic E-state index is 0.0784. The van der Waals surface area contributed by atoms with E-state index >= 15 is 0 Å². The van der Waals surface area contributed by atoms with Crippen LogP contribution >= 0.6 is 11.6 Å². The van der Waals surface area contributed by atoms with Gasteiger partial charge in [0.1, 0.15) is 5.82 Å². The van der Waals surface area contributed by atoms with Crippen molar-refractivity contribution >= 4 is 34.6 Å². The van der Waals surface area contributed by atoms with Crippen LogP contribution in [0.5, 0.6) is 0 Å². The van der Waals surface area contributed by atoms with Crippen molar-refractivity contribution in [3.63, 3.8) is 0 Å². The second kappa shape index (κ2) is 8.18. The highest BCUT2D eigenvalue weighted by Crippen LogP contribution is 2.29. The van der Waals surface area contributed by atoms with Gasteiger partial charge >= 0.3 is 0 Å². The number of carbonyl (C=O) groups is 1. The van der Waals surface area contributed by atoms with Gasteiger partial charge in [0, 0.05) is 23.8 Å². The number of ether oxygens (including phenoxy) is 1. The molecule has 0 bridgehead atoms. The first-order valence-electron chi connectivity index (χ1n) is 8.03. The average Bonchev–Trinajstić information content (AvgIpc) is 2.63. The first-order chi connectivity index (χ1) is 12.1. The minimum Gasteiger partial charge on any atom is -0.378 e. The largest absolute Gasteiger partial charge is 0.378 e. The number of nitrogens with zero attached hydrogens (tertiary/aromatic N) is 1. The lowest BCUT2D eigenvalue weighted by Crippen LogP contribution is -2.36. The molecule has 0 unspecified atom stereocenters. The predicted octanol–water partition coefficient (Wildman–Crippen LogP) is 3.37. The lowest BCUT2D eigenvalue weighted by Gasteiger charge is -2.30. The van der Waals surface area contributed by atoms with E-state index in [9.17, 15) is 9.18 Å². The number of hydrogen-bond acceptors (Lipinski definition) is 4. The van der Waals surface area contributed by atoms with Gasteiger partial charge in [0.15, 0.2) is 0 Å². The SMILES string of the molecule is O=C(CNc1cc(Cl)ccc1N1CCOCC1)Nc1ccc(F)cc1. The number of benzene rings is 2. The van der Waals surface area contributed by atoms with Crippen LogP contribution in [0.15, 0.2) is 42.5 Å². The molecular formula is C18H19ClFN3O2. The normalized spacial score (nSPS) is 14.2. The van der Waals surface area contributed by atoms with Crippen molar-refractivity contribution in [1.29, 1.82) is 0 Å². The molecule has 5 nitrogen and oxygen atoms in total. The summed E-state index contributed by atoms with van der Waals surface area (Å²) in [5.74, 6) is -0.565. The summed E-state index contributed by atoms with van der Waals surface area (Å²) in [7, 11) is 0. The topological polar surface area (TPSA) is 53.6 Å². The fourth-order valence-corrected chi connectivity index (χ4v) is 2.82. The minimum atomic E-state index is -0.342. The van der Waals surface area contributed by atoms with Crippen molar-refractivity contribution in [2.75, 3.05) is 48.4 Å². The molecule has 1 saturated heterocycles. The Morgan fingerprint density at radius 2 is 1.88 bits per heavy atom. The maximum atomic E-state index is 12.9. The van der Waals surface area contributed by atoms with Gasteiger partial charge in [0.2, 0.25) is 5.91 Å². The van der Waals surface area contributed by atoms with E-state index in [2.05, 4.69) is 15.5 Å². The molecule has 0 spiro atoms. The molecular weight excluding hydrogens is 345 g/mol. The van der Waals surface area contributed by atoms with Gasteiger partial charge in [-0.15, -0.1) is 0 Å². The standard InChI is InChI=1S/C18H19ClFN3O2/c19-13-1-6-17(23-7-9-25-10-8-23)16(11-13)21-12-18(24)22-15-4-2-14(20)3-5-15/h1-6,11,21H,7-10,12H2,(H,22,24). The molecule has 25 heavy (non-hydrogen) atoms. The maximum Gasteiger partial charge on any atom is 0.243 e. The number of carbonyl (C=O) groups excluding carboxylic acids is 1. The number of nitrogens with one attached hydrogen (secondary N) is 2. The van der Waals surface area contributed by atoms with Crippen LogP contribution in [-0.2, 0) is 9.53 Å². The molecule has 0 saturated carbocycles. The Balaban J connectivity index is 1.64. The van der Waals surface area contributed by atoms with Crippen molar-refractivity contribution in [1.82, 2.24) is 0 Å². The van der Waals surface area contributed by atoms with E-state index in [1.54, 1.807) is 6.07 Å². The van der Waals surface area contributed by atoms with Crippen molar-refractivity contribution in [3.8, 4) is 0 Å². The van der Waals surface area contributed by atoms with E-state index < -0.39 is 0 Å². The molecule has 1 aliphatic heterocycles. The summed E-state index contributed by atoms with van der Waals surface area (Å²) < 4.78 is 18.3. The highest BCUT2D eigenvalue weighted by molar-refractivity contribution is 6.31. The third-order valence-electron chi connectivity index (χ3n) is 3.88. The fourth-order valence-electron chi connectivity index (χ4n) is 2.64. The molecule has 1 heterocycles. The molecule has 3 rings (SSSR count). The maximum absolute atomic E-state index is 12.9. The molecule has 0 atom stereocenters. The van der Waals surface area contributed by atoms with Crippen LogP contribution in [0.25, 0.3) is 0 Å². The Labute approximate surface area is 150 Å². The Hall–Kier alpha value is -2.31. The first kappa shape index (κ1) is 17.5. The number of rotatable bonds is 5. The molecule has 0 aliphatic carbocycles. The van der Waals surface area contributed by atoms with Crippen LogP contribution in [-0.4, -0.2) is 38.8 Å². The summed E-state index contributed by atoms with van der Waals surface area (Å²) >= 11 is 6.10. The molecule has 0 aromatic heterocycles. The Kier molecular flexibility index (Phi) is 5.73. The monoisotopic (exact) mass is 363 g/mol. The predicted molar refractivity (Wildman–Crippen MR) is 98.0 cm³/mol. The van der Waals surface area contributed by atoms with E-state index in [0.717, 1.165) is 24.5 Å². The summed E-state index contributed by atoms with van der Waals surface area (Å²) in [5, 5.41) is 6.44. The van der Waals surface area contributed by atoms with E-state index in [-0.39, 0.29) is 18.3 Å². The van der Waals surface area contributed by atoms with E-state index in [1.165, 1.54) is 24.3 Å². The zero-order valence-electron chi connectivity index (χ0n) is 13.6. The molecule has 1 amide bonds. The van der Waals surface area contributed by atoms with E-state index in [0.29, 0.717) is 23.9 Å². The number of halogens is 2. The molecule has 2 aromatic carbocycles. The molecule has 7 heteroatoms. The Morgan fingerprint density at radius 1 is 1.16 bits per heavy atom. The van der Waals surface area contributed by atoms with Gasteiger partial charge in [-0.25, -0.2) is 4.39 Å². The number of anilines is 3. The summed E-state index contributed by atoms with van der Waals surface area (Å²) in [6, 6.07) is 11.2. The summed E-state index contributed by atoms with van der Waals surface area (Å²) in [6.45, 7) is 3.01. The van der Waals surface area contributed by atoms with Gasteiger partial charge < -0.3 is 20.3 Å². The molecule has 0 radical (unpaired) electrons. The lowest BCUT2D eigenvalue weighted by atomic mass is 10.2. The third-order valence-corrected chi connectivity index (χ3v) is 4.11. The zero-order chi connectivity index (χ0) is 17.6. The highest BCUT2D eigenvalue weighted by atomic mass is 35.5. The number of morpholine rings is 1. The molecule has 2 aromatic rings. The summed E-state index contributed by atoms with van der Waals surface area (Å²) in [6.07, 6.45) is 0. The second-order valence-corrected chi connectivity index (χ2v) is 6.11. The van der Waals surface area contributed by atoms with Gasteiger partial charge in [-0.2, -0.15) is 0 Å². The van der Waals surface area contributed by atoms with Gasteiger partial charge in [0.25, 0.3) is 0 Å². The molecule has 1 aliphatic rings. The van der Waals surface area contributed by atoms with Crippen LogP contribution in [0, 0.1) is 5.82 Å². The van der Waals surface area contributed by atoms with Crippen molar-refractivity contribution in [2.45, 2.75) is 0 Å². The van der Waals surface area contributed by atoms with E-state index in [4.69, 9.17) is 16.3 Å². The molecule has 1 fully saturated rings. The summed E-state index contributed by atoms with van der Waals surface area (Å²) in [4.78, 5) is 14.3. The lowest BCUT2D eigenvalue weighted by molar-refractivity contribution is -0.114. The molecule has 132 valence electrons. The Morgan fingerprint density at radius 3 is 2.60 bits per heavy atom. The van der Waals surface area contributed by atoms with E-state index in [1.807, 2.05) is 12.1 Å². The molecule has 2 N–H and O–H groups in total. The number of hydrogen-bond donors (Lipinski definition) is 2. The summed E-state index contributed by atoms with van der Waals surface area (Å²) in [5.41, 5.74) is 2.33. The van der Waals surface area contributed by atoms with Crippen molar-refractivity contribution in [2.24, 2.45) is 0 Å². The Bertz CT molecular complexity index is 734.